The molecule has 0 aromatic carbocycles. The second-order valence-electron chi connectivity index (χ2n) is 6.24. The van der Waals surface area contributed by atoms with E-state index in [1.54, 1.807) is 0 Å². The summed E-state index contributed by atoms with van der Waals surface area (Å²) in [5, 5.41) is 8.92. The van der Waals surface area contributed by atoms with Crippen molar-refractivity contribution in [1.82, 2.24) is 9.80 Å². The van der Waals surface area contributed by atoms with Gasteiger partial charge in [0.2, 0.25) is 0 Å². The van der Waals surface area contributed by atoms with Crippen LogP contribution in [0.15, 0.2) is 0 Å². The van der Waals surface area contributed by atoms with Gasteiger partial charge in [-0.25, -0.2) is 0 Å². The standard InChI is InChI=1S/C17H36N2O/c1-2-3-4-5-6-7-8-9-10-11-18-12-14-19(15-13-18)16-17-20/h20H,2-17H2,1H3. The van der Waals surface area contributed by atoms with Gasteiger partial charge in [-0.05, 0) is 13.0 Å². The van der Waals surface area contributed by atoms with Crippen LogP contribution < -0.4 is 0 Å². The number of hydrogen-bond acceptors (Lipinski definition) is 3. The van der Waals surface area contributed by atoms with Crippen molar-refractivity contribution >= 4 is 0 Å². The lowest BCUT2D eigenvalue weighted by Crippen LogP contribution is -2.47. The first-order valence-electron chi connectivity index (χ1n) is 8.92. The quantitative estimate of drug-likeness (QED) is 0.558. The molecule has 0 atom stereocenters. The van der Waals surface area contributed by atoms with Crippen molar-refractivity contribution in [2.75, 3.05) is 45.9 Å². The van der Waals surface area contributed by atoms with Crippen molar-refractivity contribution in [3.63, 3.8) is 0 Å². The highest BCUT2D eigenvalue weighted by Gasteiger charge is 2.15. The average molecular weight is 284 g/mol. The third-order valence-electron chi connectivity index (χ3n) is 4.46. The van der Waals surface area contributed by atoms with E-state index in [9.17, 15) is 0 Å². The van der Waals surface area contributed by atoms with E-state index in [0.29, 0.717) is 6.61 Å². The third kappa shape index (κ3) is 8.93. The van der Waals surface area contributed by atoms with E-state index in [4.69, 9.17) is 5.11 Å². The Morgan fingerprint density at radius 2 is 1.10 bits per heavy atom. The van der Waals surface area contributed by atoms with Gasteiger partial charge in [0.25, 0.3) is 0 Å². The Kier molecular flexibility index (Phi) is 11.3. The van der Waals surface area contributed by atoms with E-state index < -0.39 is 0 Å². The summed E-state index contributed by atoms with van der Waals surface area (Å²) in [6.07, 6.45) is 12.7. The molecule has 3 heteroatoms. The van der Waals surface area contributed by atoms with Gasteiger partial charge in [-0.15, -0.1) is 0 Å². The Balaban J connectivity index is 1.83. The SMILES string of the molecule is CCCCCCCCCCCN1CCN(CCO)CC1. The average Bonchev–Trinajstić information content (AvgIpc) is 2.47. The first-order chi connectivity index (χ1) is 9.86. The van der Waals surface area contributed by atoms with Gasteiger partial charge in [0.15, 0.2) is 0 Å². The fraction of sp³-hybridized carbons (Fsp3) is 1.00. The molecule has 1 rings (SSSR count). The lowest BCUT2D eigenvalue weighted by molar-refractivity contribution is 0.111. The van der Waals surface area contributed by atoms with Crippen LogP contribution in [0.2, 0.25) is 0 Å². The van der Waals surface area contributed by atoms with Crippen LogP contribution in [0.1, 0.15) is 64.7 Å². The van der Waals surface area contributed by atoms with Crippen molar-refractivity contribution in [3.8, 4) is 0 Å². The molecule has 0 aromatic heterocycles. The van der Waals surface area contributed by atoms with E-state index in [2.05, 4.69) is 16.7 Å². The van der Waals surface area contributed by atoms with Gasteiger partial charge < -0.3 is 10.0 Å². The normalized spacial score (nSPS) is 17.7. The molecule has 120 valence electrons. The molecule has 0 radical (unpaired) electrons. The number of aliphatic hydroxyl groups excluding tert-OH is 1. The minimum atomic E-state index is 0.304. The van der Waals surface area contributed by atoms with Gasteiger partial charge in [-0.2, -0.15) is 0 Å². The highest BCUT2D eigenvalue weighted by molar-refractivity contribution is 4.71. The minimum absolute atomic E-state index is 0.304. The molecule has 0 unspecified atom stereocenters. The van der Waals surface area contributed by atoms with Crippen molar-refractivity contribution in [1.29, 1.82) is 0 Å². The summed E-state index contributed by atoms with van der Waals surface area (Å²) >= 11 is 0. The zero-order valence-corrected chi connectivity index (χ0v) is 13.7. The molecular formula is C17H36N2O. The van der Waals surface area contributed by atoms with E-state index >= 15 is 0 Å². The largest absolute Gasteiger partial charge is 0.395 e. The fourth-order valence-electron chi connectivity index (χ4n) is 3.02. The minimum Gasteiger partial charge on any atom is -0.395 e. The molecule has 1 saturated heterocycles. The zero-order valence-electron chi connectivity index (χ0n) is 13.7. The van der Waals surface area contributed by atoms with Gasteiger partial charge in [0.05, 0.1) is 6.61 Å². The van der Waals surface area contributed by atoms with Crippen LogP contribution in [0.5, 0.6) is 0 Å². The van der Waals surface area contributed by atoms with Crippen LogP contribution in [-0.2, 0) is 0 Å². The lowest BCUT2D eigenvalue weighted by atomic mass is 10.1. The zero-order chi connectivity index (χ0) is 14.5. The first-order valence-corrected chi connectivity index (χ1v) is 8.92. The number of unbranched alkanes of at least 4 members (excludes halogenated alkanes) is 8. The van der Waals surface area contributed by atoms with Crippen LogP contribution in [0, 0.1) is 0 Å². The van der Waals surface area contributed by atoms with Crippen molar-refractivity contribution < 1.29 is 5.11 Å². The van der Waals surface area contributed by atoms with Gasteiger partial charge in [0.1, 0.15) is 0 Å². The number of rotatable bonds is 12. The van der Waals surface area contributed by atoms with Crippen molar-refractivity contribution in [2.24, 2.45) is 0 Å². The van der Waals surface area contributed by atoms with Crippen LogP contribution >= 0.6 is 0 Å². The summed E-state index contributed by atoms with van der Waals surface area (Å²) in [7, 11) is 0. The summed E-state index contributed by atoms with van der Waals surface area (Å²) in [6, 6.07) is 0. The number of β-amino-alcohol motifs (C(OH)–C–C–N with tert-alkyl or cyclic N) is 1. The second-order valence-corrected chi connectivity index (χ2v) is 6.24. The van der Waals surface area contributed by atoms with Crippen LogP contribution in [0.25, 0.3) is 0 Å². The molecule has 0 spiro atoms. The number of nitrogens with zero attached hydrogens (tertiary/aromatic N) is 2. The highest BCUT2D eigenvalue weighted by atomic mass is 16.3. The maximum Gasteiger partial charge on any atom is 0.0558 e. The third-order valence-corrected chi connectivity index (χ3v) is 4.46. The Bertz CT molecular complexity index is 203. The maximum absolute atomic E-state index is 8.92. The molecule has 1 aliphatic heterocycles. The molecule has 0 amide bonds. The first kappa shape index (κ1) is 17.9. The van der Waals surface area contributed by atoms with Gasteiger partial charge in [-0.1, -0.05) is 58.3 Å². The summed E-state index contributed by atoms with van der Waals surface area (Å²) < 4.78 is 0. The monoisotopic (exact) mass is 284 g/mol. The summed E-state index contributed by atoms with van der Waals surface area (Å²) in [4.78, 5) is 4.96. The van der Waals surface area contributed by atoms with Crippen LogP contribution in [0.4, 0.5) is 0 Å². The Hall–Kier alpha value is -0.120. The smallest absolute Gasteiger partial charge is 0.0558 e. The molecule has 20 heavy (non-hydrogen) atoms. The Labute approximate surface area is 126 Å². The fourth-order valence-corrected chi connectivity index (χ4v) is 3.02. The Morgan fingerprint density at radius 1 is 0.650 bits per heavy atom. The molecule has 1 N–H and O–H groups in total. The number of aliphatic hydroxyl groups is 1. The van der Waals surface area contributed by atoms with Crippen molar-refractivity contribution in [2.45, 2.75) is 64.7 Å². The van der Waals surface area contributed by atoms with Crippen molar-refractivity contribution in [3.05, 3.63) is 0 Å². The van der Waals surface area contributed by atoms with Crippen LogP contribution in [0.3, 0.4) is 0 Å². The predicted molar refractivity (Wildman–Crippen MR) is 87.2 cm³/mol. The predicted octanol–water partition coefficient (Wildman–Crippen LogP) is 3.13. The molecular weight excluding hydrogens is 248 g/mol. The molecule has 1 aliphatic rings. The summed E-state index contributed by atoms with van der Waals surface area (Å²) in [5.74, 6) is 0. The molecule has 0 aromatic rings. The highest BCUT2D eigenvalue weighted by Crippen LogP contribution is 2.10. The van der Waals surface area contributed by atoms with E-state index in [-0.39, 0.29) is 0 Å². The van der Waals surface area contributed by atoms with E-state index in [0.717, 1.165) is 19.6 Å². The van der Waals surface area contributed by atoms with E-state index in [1.165, 1.54) is 77.4 Å². The molecule has 0 saturated carbocycles. The van der Waals surface area contributed by atoms with Gasteiger partial charge in [-0.3, -0.25) is 4.90 Å². The molecule has 0 bridgehead atoms. The summed E-state index contributed by atoms with van der Waals surface area (Å²) in [5.41, 5.74) is 0. The maximum atomic E-state index is 8.92. The Morgan fingerprint density at radius 3 is 1.60 bits per heavy atom. The topological polar surface area (TPSA) is 26.7 Å². The lowest BCUT2D eigenvalue weighted by Gasteiger charge is -2.34. The van der Waals surface area contributed by atoms with E-state index in [1.807, 2.05) is 0 Å². The van der Waals surface area contributed by atoms with Crippen LogP contribution in [-0.4, -0.2) is 60.8 Å². The second kappa shape index (κ2) is 12.6. The summed E-state index contributed by atoms with van der Waals surface area (Å²) in [6.45, 7) is 9.38. The molecule has 1 heterocycles. The number of hydrogen-bond donors (Lipinski definition) is 1. The number of piperazine rings is 1. The van der Waals surface area contributed by atoms with Gasteiger partial charge >= 0.3 is 0 Å². The molecule has 1 fully saturated rings. The van der Waals surface area contributed by atoms with Gasteiger partial charge in [0, 0.05) is 32.7 Å². The molecule has 0 aliphatic carbocycles. The molecule has 3 nitrogen and oxygen atoms in total.